The summed E-state index contributed by atoms with van der Waals surface area (Å²) >= 11 is 3.24. The molecule has 1 saturated carbocycles. The Morgan fingerprint density at radius 2 is 2.22 bits per heavy atom. The zero-order valence-electron chi connectivity index (χ0n) is 13.6. The van der Waals surface area contributed by atoms with Gasteiger partial charge in [-0.25, -0.2) is 4.98 Å². The fourth-order valence-corrected chi connectivity index (χ4v) is 4.51. The second kappa shape index (κ2) is 7.53. The van der Waals surface area contributed by atoms with Crippen LogP contribution in [0.5, 0.6) is 0 Å². The highest BCUT2D eigenvalue weighted by Gasteiger charge is 2.18. The molecule has 0 aliphatic heterocycles. The predicted molar refractivity (Wildman–Crippen MR) is 95.9 cm³/mol. The van der Waals surface area contributed by atoms with Crippen molar-refractivity contribution >= 4 is 29.0 Å². The minimum Gasteiger partial charge on any atom is -0.440 e. The van der Waals surface area contributed by atoms with Crippen molar-refractivity contribution in [3.8, 4) is 10.8 Å². The monoisotopic (exact) mass is 350 g/mol. The lowest BCUT2D eigenvalue weighted by molar-refractivity contribution is -0.119. The summed E-state index contributed by atoms with van der Waals surface area (Å²) in [5.41, 5.74) is 2.12. The van der Waals surface area contributed by atoms with E-state index < -0.39 is 0 Å². The molecule has 0 spiro atoms. The Bertz CT molecular complexity index is 672. The standard InChI is InChI=1S/C17H22N2O2S2/c1-11-7-8-23-16(11)17-19-14(12(2)21-17)9-22-10-15(20)18-13-5-3-4-6-13/h7-8,13H,3-6,9-10H2,1-2H3,(H,18,20). The predicted octanol–water partition coefficient (Wildman–Crippen LogP) is 4.31. The van der Waals surface area contributed by atoms with Crippen molar-refractivity contribution < 1.29 is 9.21 Å². The van der Waals surface area contributed by atoms with Gasteiger partial charge in [-0.15, -0.1) is 23.1 Å². The summed E-state index contributed by atoms with van der Waals surface area (Å²) in [6.45, 7) is 4.00. The smallest absolute Gasteiger partial charge is 0.237 e. The molecule has 2 aromatic rings. The quantitative estimate of drug-likeness (QED) is 0.843. The van der Waals surface area contributed by atoms with E-state index in [2.05, 4.69) is 23.3 Å². The number of hydrogen-bond acceptors (Lipinski definition) is 5. The van der Waals surface area contributed by atoms with Crippen molar-refractivity contribution in [2.24, 2.45) is 0 Å². The first-order chi connectivity index (χ1) is 11.1. The highest BCUT2D eigenvalue weighted by molar-refractivity contribution is 7.99. The van der Waals surface area contributed by atoms with Gasteiger partial charge in [-0.3, -0.25) is 4.79 Å². The molecule has 0 atom stereocenters. The van der Waals surface area contributed by atoms with E-state index in [4.69, 9.17) is 4.42 Å². The minimum atomic E-state index is 0.136. The molecule has 0 radical (unpaired) electrons. The Balaban J connectivity index is 1.51. The van der Waals surface area contributed by atoms with Crippen LogP contribution in [0.3, 0.4) is 0 Å². The second-order valence-corrected chi connectivity index (χ2v) is 7.90. The largest absolute Gasteiger partial charge is 0.440 e. The molecule has 0 unspecified atom stereocenters. The summed E-state index contributed by atoms with van der Waals surface area (Å²) in [7, 11) is 0. The number of aromatic nitrogens is 1. The summed E-state index contributed by atoms with van der Waals surface area (Å²) in [6.07, 6.45) is 4.73. The number of nitrogens with one attached hydrogen (secondary N) is 1. The van der Waals surface area contributed by atoms with Gasteiger partial charge < -0.3 is 9.73 Å². The SMILES string of the molecule is Cc1ccsc1-c1nc(CSCC(=O)NC2CCCC2)c(C)o1. The van der Waals surface area contributed by atoms with Gasteiger partial charge in [0.1, 0.15) is 5.76 Å². The van der Waals surface area contributed by atoms with E-state index in [0.717, 1.165) is 29.2 Å². The number of hydrogen-bond donors (Lipinski definition) is 1. The Labute approximate surface area is 145 Å². The Hall–Kier alpha value is -1.27. The zero-order chi connectivity index (χ0) is 16.2. The third kappa shape index (κ3) is 4.18. The summed E-state index contributed by atoms with van der Waals surface area (Å²) in [5.74, 6) is 2.86. The molecule has 1 N–H and O–H groups in total. The van der Waals surface area contributed by atoms with Crippen molar-refractivity contribution in [2.45, 2.75) is 51.3 Å². The van der Waals surface area contributed by atoms with Crippen LogP contribution in [0.4, 0.5) is 0 Å². The number of thiophene rings is 1. The molecular formula is C17H22N2O2S2. The number of thioether (sulfide) groups is 1. The number of aryl methyl sites for hydroxylation is 2. The maximum Gasteiger partial charge on any atom is 0.237 e. The molecule has 0 bridgehead atoms. The highest BCUT2D eigenvalue weighted by Crippen LogP contribution is 2.30. The van der Waals surface area contributed by atoms with Gasteiger partial charge in [0.2, 0.25) is 11.8 Å². The van der Waals surface area contributed by atoms with Crippen molar-refractivity contribution in [3.63, 3.8) is 0 Å². The summed E-state index contributed by atoms with van der Waals surface area (Å²) in [6, 6.07) is 2.46. The molecule has 3 rings (SSSR count). The van der Waals surface area contributed by atoms with E-state index in [-0.39, 0.29) is 5.91 Å². The number of rotatable bonds is 6. The average molecular weight is 351 g/mol. The lowest BCUT2D eigenvalue weighted by atomic mass is 10.2. The Kier molecular flexibility index (Phi) is 5.43. The van der Waals surface area contributed by atoms with Gasteiger partial charge in [-0.1, -0.05) is 12.8 Å². The van der Waals surface area contributed by atoms with E-state index in [9.17, 15) is 4.79 Å². The summed E-state index contributed by atoms with van der Waals surface area (Å²) in [4.78, 5) is 17.6. The number of carbonyl (C=O) groups is 1. The van der Waals surface area contributed by atoms with Gasteiger partial charge in [-0.05, 0) is 43.7 Å². The van der Waals surface area contributed by atoms with E-state index in [1.165, 1.54) is 18.4 Å². The molecule has 2 heterocycles. The fraction of sp³-hybridized carbons (Fsp3) is 0.529. The normalized spacial score (nSPS) is 15.2. The lowest BCUT2D eigenvalue weighted by Gasteiger charge is -2.11. The van der Waals surface area contributed by atoms with Gasteiger partial charge in [0.25, 0.3) is 0 Å². The first kappa shape index (κ1) is 16.6. The molecule has 6 heteroatoms. The second-order valence-electron chi connectivity index (χ2n) is 6.00. The summed E-state index contributed by atoms with van der Waals surface area (Å²) < 4.78 is 5.79. The van der Waals surface area contributed by atoms with Crippen molar-refractivity contribution in [1.29, 1.82) is 0 Å². The molecule has 1 aliphatic rings. The first-order valence-corrected chi connectivity index (χ1v) is 10.0. The van der Waals surface area contributed by atoms with Crippen LogP contribution in [0.15, 0.2) is 15.9 Å². The Morgan fingerprint density at radius 1 is 1.43 bits per heavy atom. The van der Waals surface area contributed by atoms with E-state index >= 15 is 0 Å². The van der Waals surface area contributed by atoms with Crippen molar-refractivity contribution in [1.82, 2.24) is 10.3 Å². The Morgan fingerprint density at radius 3 is 2.91 bits per heavy atom. The van der Waals surface area contributed by atoms with E-state index in [1.807, 2.05) is 12.3 Å². The maximum atomic E-state index is 11.9. The summed E-state index contributed by atoms with van der Waals surface area (Å²) in [5, 5.41) is 5.16. The average Bonchev–Trinajstić information content (AvgIpc) is 3.22. The number of amides is 1. The fourth-order valence-electron chi connectivity index (χ4n) is 2.83. The van der Waals surface area contributed by atoms with Crippen LogP contribution >= 0.6 is 23.1 Å². The molecule has 0 aromatic carbocycles. The van der Waals surface area contributed by atoms with Crippen molar-refractivity contribution in [3.05, 3.63) is 28.5 Å². The first-order valence-electron chi connectivity index (χ1n) is 8.01. The van der Waals surface area contributed by atoms with Gasteiger partial charge in [0.05, 0.1) is 16.3 Å². The van der Waals surface area contributed by atoms with E-state index in [0.29, 0.717) is 23.4 Å². The van der Waals surface area contributed by atoms with Crippen LogP contribution < -0.4 is 5.32 Å². The van der Waals surface area contributed by atoms with Gasteiger partial charge in [0.15, 0.2) is 0 Å². The van der Waals surface area contributed by atoms with Crippen LogP contribution in [-0.2, 0) is 10.5 Å². The molecule has 124 valence electrons. The zero-order valence-corrected chi connectivity index (χ0v) is 15.2. The van der Waals surface area contributed by atoms with E-state index in [1.54, 1.807) is 23.1 Å². The molecule has 1 aliphatic carbocycles. The molecule has 1 fully saturated rings. The minimum absolute atomic E-state index is 0.136. The molecule has 2 aromatic heterocycles. The molecule has 0 saturated heterocycles. The molecular weight excluding hydrogens is 328 g/mol. The third-order valence-electron chi connectivity index (χ3n) is 4.14. The van der Waals surface area contributed by atoms with Crippen LogP contribution in [0.2, 0.25) is 0 Å². The van der Waals surface area contributed by atoms with Crippen LogP contribution in [0.1, 0.15) is 42.7 Å². The van der Waals surface area contributed by atoms with Crippen LogP contribution in [-0.4, -0.2) is 22.7 Å². The van der Waals surface area contributed by atoms with Gasteiger partial charge in [0, 0.05) is 11.8 Å². The highest BCUT2D eigenvalue weighted by atomic mass is 32.2. The van der Waals surface area contributed by atoms with Crippen LogP contribution in [0.25, 0.3) is 10.8 Å². The third-order valence-corrected chi connectivity index (χ3v) is 6.09. The molecule has 1 amide bonds. The van der Waals surface area contributed by atoms with Crippen molar-refractivity contribution in [2.75, 3.05) is 5.75 Å². The van der Waals surface area contributed by atoms with Gasteiger partial charge in [-0.2, -0.15) is 0 Å². The van der Waals surface area contributed by atoms with Crippen LogP contribution in [0, 0.1) is 13.8 Å². The number of nitrogens with zero attached hydrogens (tertiary/aromatic N) is 1. The van der Waals surface area contributed by atoms with Gasteiger partial charge >= 0.3 is 0 Å². The number of oxazole rings is 1. The number of carbonyl (C=O) groups excluding carboxylic acids is 1. The molecule has 4 nitrogen and oxygen atoms in total. The lowest BCUT2D eigenvalue weighted by Crippen LogP contribution is -2.33. The molecule has 23 heavy (non-hydrogen) atoms. The topological polar surface area (TPSA) is 55.1 Å². The maximum absolute atomic E-state index is 11.9.